The summed E-state index contributed by atoms with van der Waals surface area (Å²) in [6.45, 7) is 4.06. The molecule has 5 aromatic rings. The second-order valence-electron chi connectivity index (χ2n) is 8.08. The number of nitrogens with zero attached hydrogens (tertiary/aromatic N) is 2. The van der Waals surface area contributed by atoms with Crippen LogP contribution in [0.5, 0.6) is 0 Å². The Kier molecular flexibility index (Phi) is 4.07. The van der Waals surface area contributed by atoms with Gasteiger partial charge >= 0.3 is 0 Å². The van der Waals surface area contributed by atoms with Gasteiger partial charge in [0.15, 0.2) is 10.6 Å². The number of fused-ring (bicyclic) bond motifs is 3. The molecule has 1 aliphatic rings. The summed E-state index contributed by atoms with van der Waals surface area (Å²) in [5.74, 6) is -0.250. The SMILES string of the molecule is Cc1cc(C)c2nc(N3C(=O)c4oc5ccccc5c(=O)c4[C@@H]3c3ccccc3)sc2c1. The third-order valence-electron chi connectivity index (χ3n) is 5.92. The minimum absolute atomic E-state index is 0.0923. The molecule has 156 valence electrons. The molecule has 3 heterocycles. The molecule has 3 aromatic carbocycles. The van der Waals surface area contributed by atoms with Gasteiger partial charge in [0.05, 0.1) is 27.2 Å². The van der Waals surface area contributed by atoms with Crippen LogP contribution in [-0.4, -0.2) is 10.9 Å². The van der Waals surface area contributed by atoms with Crippen LogP contribution in [0, 0.1) is 13.8 Å². The summed E-state index contributed by atoms with van der Waals surface area (Å²) in [7, 11) is 0. The molecular weight excluding hydrogens is 420 g/mol. The fraction of sp³-hybridized carbons (Fsp3) is 0.115. The molecule has 1 aliphatic heterocycles. The van der Waals surface area contributed by atoms with Crippen LogP contribution in [-0.2, 0) is 0 Å². The quantitative estimate of drug-likeness (QED) is 0.351. The minimum atomic E-state index is -0.596. The predicted molar refractivity (Wildman–Crippen MR) is 127 cm³/mol. The summed E-state index contributed by atoms with van der Waals surface area (Å²) in [5.41, 5.74) is 4.51. The highest BCUT2D eigenvalue weighted by molar-refractivity contribution is 7.22. The van der Waals surface area contributed by atoms with E-state index in [1.807, 2.05) is 44.2 Å². The normalized spacial score (nSPS) is 15.6. The molecule has 0 bridgehead atoms. The van der Waals surface area contributed by atoms with Gasteiger partial charge in [-0.2, -0.15) is 0 Å². The molecule has 0 fully saturated rings. The van der Waals surface area contributed by atoms with Crippen molar-refractivity contribution in [2.45, 2.75) is 19.9 Å². The molecular formula is C26H18N2O3S. The number of rotatable bonds is 2. The van der Waals surface area contributed by atoms with Crippen molar-refractivity contribution in [2.75, 3.05) is 4.90 Å². The maximum absolute atomic E-state index is 13.7. The molecule has 6 heteroatoms. The number of anilines is 1. The van der Waals surface area contributed by atoms with Gasteiger partial charge in [-0.1, -0.05) is 59.9 Å². The number of hydrogen-bond donors (Lipinski definition) is 0. The lowest BCUT2D eigenvalue weighted by Crippen LogP contribution is -2.29. The van der Waals surface area contributed by atoms with E-state index in [2.05, 4.69) is 12.1 Å². The molecule has 0 spiro atoms. The van der Waals surface area contributed by atoms with Crippen molar-refractivity contribution >= 4 is 43.6 Å². The van der Waals surface area contributed by atoms with Gasteiger partial charge in [0.25, 0.3) is 5.91 Å². The molecule has 2 aromatic heterocycles. The van der Waals surface area contributed by atoms with Crippen molar-refractivity contribution in [3.05, 3.63) is 105 Å². The first-order valence-corrected chi connectivity index (χ1v) is 11.2. The van der Waals surface area contributed by atoms with E-state index < -0.39 is 6.04 Å². The molecule has 0 aliphatic carbocycles. The molecule has 1 amide bonds. The number of amides is 1. The number of thiazole rings is 1. The number of benzene rings is 3. The molecule has 0 unspecified atom stereocenters. The number of aromatic nitrogens is 1. The Balaban J connectivity index is 1.65. The van der Waals surface area contributed by atoms with E-state index in [1.54, 1.807) is 29.2 Å². The smallest absolute Gasteiger partial charge is 0.297 e. The van der Waals surface area contributed by atoms with Crippen molar-refractivity contribution in [3.8, 4) is 0 Å². The Hall–Kier alpha value is -3.77. The highest BCUT2D eigenvalue weighted by Gasteiger charge is 2.44. The third-order valence-corrected chi connectivity index (χ3v) is 6.92. The number of hydrogen-bond acceptors (Lipinski definition) is 5. The zero-order valence-corrected chi connectivity index (χ0v) is 18.3. The molecule has 0 N–H and O–H groups in total. The Morgan fingerprint density at radius 3 is 2.53 bits per heavy atom. The highest BCUT2D eigenvalue weighted by atomic mass is 32.1. The average molecular weight is 439 g/mol. The van der Waals surface area contributed by atoms with Gasteiger partial charge < -0.3 is 4.42 Å². The van der Waals surface area contributed by atoms with Crippen LogP contribution in [0.1, 0.15) is 38.9 Å². The van der Waals surface area contributed by atoms with Crippen molar-refractivity contribution in [1.82, 2.24) is 4.98 Å². The first-order chi connectivity index (χ1) is 15.5. The predicted octanol–water partition coefficient (Wildman–Crippen LogP) is 5.77. The Morgan fingerprint density at radius 1 is 0.969 bits per heavy atom. The fourth-order valence-corrected chi connectivity index (χ4v) is 5.70. The lowest BCUT2D eigenvalue weighted by Gasteiger charge is -2.22. The van der Waals surface area contributed by atoms with Gasteiger partial charge in [0, 0.05) is 0 Å². The lowest BCUT2D eigenvalue weighted by atomic mass is 9.99. The molecule has 1 atom stereocenters. The Labute approximate surface area is 187 Å². The Morgan fingerprint density at radius 2 is 1.72 bits per heavy atom. The van der Waals surface area contributed by atoms with Crippen molar-refractivity contribution < 1.29 is 9.21 Å². The molecule has 0 saturated heterocycles. The van der Waals surface area contributed by atoms with Crippen LogP contribution in [0.2, 0.25) is 0 Å². The van der Waals surface area contributed by atoms with E-state index in [1.165, 1.54) is 11.3 Å². The molecule has 0 saturated carbocycles. The minimum Gasteiger partial charge on any atom is -0.450 e. The van der Waals surface area contributed by atoms with Crippen LogP contribution >= 0.6 is 11.3 Å². The maximum Gasteiger partial charge on any atom is 0.297 e. The number of carbonyl (C=O) groups excluding carboxylic acids is 1. The van der Waals surface area contributed by atoms with Crippen molar-refractivity contribution in [2.24, 2.45) is 0 Å². The monoisotopic (exact) mass is 438 g/mol. The zero-order valence-electron chi connectivity index (χ0n) is 17.5. The summed E-state index contributed by atoms with van der Waals surface area (Å²) < 4.78 is 7.01. The second-order valence-corrected chi connectivity index (χ2v) is 9.09. The average Bonchev–Trinajstić information content (AvgIpc) is 3.34. The summed E-state index contributed by atoms with van der Waals surface area (Å²) >= 11 is 1.46. The number of para-hydroxylation sites is 1. The maximum atomic E-state index is 13.7. The molecule has 5 nitrogen and oxygen atoms in total. The van der Waals surface area contributed by atoms with Gasteiger partial charge in [0.1, 0.15) is 5.58 Å². The largest absolute Gasteiger partial charge is 0.450 e. The van der Waals surface area contributed by atoms with E-state index >= 15 is 0 Å². The van der Waals surface area contributed by atoms with Crippen LogP contribution in [0.25, 0.3) is 21.2 Å². The van der Waals surface area contributed by atoms with Crippen LogP contribution in [0.15, 0.2) is 75.9 Å². The van der Waals surface area contributed by atoms with Gasteiger partial charge in [-0.25, -0.2) is 4.98 Å². The summed E-state index contributed by atoms with van der Waals surface area (Å²) in [6, 6.07) is 20.2. The highest BCUT2D eigenvalue weighted by Crippen LogP contribution is 2.44. The van der Waals surface area contributed by atoms with Crippen LogP contribution in [0.4, 0.5) is 5.13 Å². The van der Waals surface area contributed by atoms with E-state index in [0.717, 1.165) is 26.9 Å². The summed E-state index contributed by atoms with van der Waals surface area (Å²) in [6.07, 6.45) is 0. The molecule has 0 radical (unpaired) electrons. The van der Waals surface area contributed by atoms with Gasteiger partial charge in [-0.3, -0.25) is 14.5 Å². The molecule has 32 heavy (non-hydrogen) atoms. The number of carbonyl (C=O) groups is 1. The zero-order chi connectivity index (χ0) is 22.0. The first-order valence-electron chi connectivity index (χ1n) is 10.3. The van der Waals surface area contributed by atoms with E-state index in [9.17, 15) is 9.59 Å². The van der Waals surface area contributed by atoms with Crippen LogP contribution < -0.4 is 10.3 Å². The van der Waals surface area contributed by atoms with Gasteiger partial charge in [-0.05, 0) is 48.7 Å². The second kappa shape index (κ2) is 6.87. The van der Waals surface area contributed by atoms with Crippen LogP contribution in [0.3, 0.4) is 0 Å². The van der Waals surface area contributed by atoms with E-state index in [-0.39, 0.29) is 17.1 Å². The first kappa shape index (κ1) is 19.0. The van der Waals surface area contributed by atoms with Gasteiger partial charge in [-0.15, -0.1) is 0 Å². The third kappa shape index (κ3) is 2.66. The lowest BCUT2D eigenvalue weighted by molar-refractivity contribution is 0.0971. The summed E-state index contributed by atoms with van der Waals surface area (Å²) in [5, 5.41) is 1.03. The van der Waals surface area contributed by atoms with E-state index in [4.69, 9.17) is 9.40 Å². The Bertz CT molecular complexity index is 1600. The van der Waals surface area contributed by atoms with E-state index in [0.29, 0.717) is 21.7 Å². The van der Waals surface area contributed by atoms with Crippen molar-refractivity contribution in [1.29, 1.82) is 0 Å². The standard InChI is InChI=1S/C26H18N2O3S/c1-14-12-15(2)21-19(13-14)32-26(27-21)28-22(16-8-4-3-5-9-16)20-23(29)17-10-6-7-11-18(17)31-24(20)25(28)30/h3-13,22H,1-2H3/t22-/m0/s1. The fourth-order valence-electron chi connectivity index (χ4n) is 4.53. The topological polar surface area (TPSA) is 63.4 Å². The van der Waals surface area contributed by atoms with Gasteiger partial charge in [0.2, 0.25) is 5.76 Å². The number of aryl methyl sites for hydroxylation is 2. The summed E-state index contributed by atoms with van der Waals surface area (Å²) in [4.78, 5) is 33.6. The van der Waals surface area contributed by atoms with Crippen molar-refractivity contribution in [3.63, 3.8) is 0 Å². The molecule has 6 rings (SSSR count).